The van der Waals surface area contributed by atoms with E-state index in [1.165, 1.54) is 12.1 Å². The number of benzene rings is 1. The first-order valence-electron chi connectivity index (χ1n) is 9.16. The van der Waals surface area contributed by atoms with Crippen molar-refractivity contribution in [3.63, 3.8) is 0 Å². The van der Waals surface area contributed by atoms with Crippen LogP contribution in [0.15, 0.2) is 18.3 Å². The Labute approximate surface area is 166 Å². The Morgan fingerprint density at radius 3 is 2.66 bits per heavy atom. The zero-order valence-electron chi connectivity index (χ0n) is 16.1. The summed E-state index contributed by atoms with van der Waals surface area (Å²) >= 11 is 0. The molecule has 7 nitrogen and oxygen atoms in total. The van der Waals surface area contributed by atoms with Crippen LogP contribution in [0, 0.1) is 11.2 Å². The zero-order valence-corrected chi connectivity index (χ0v) is 16.1. The van der Waals surface area contributed by atoms with Gasteiger partial charge in [-0.05, 0) is 38.8 Å². The minimum Gasteiger partial charge on any atom is -0.389 e. The highest BCUT2D eigenvalue weighted by atomic mass is 19.3. The van der Waals surface area contributed by atoms with Crippen molar-refractivity contribution in [2.24, 2.45) is 0 Å². The molecule has 1 saturated carbocycles. The topological polar surface area (TPSA) is 106 Å². The fourth-order valence-electron chi connectivity index (χ4n) is 2.60. The fourth-order valence-corrected chi connectivity index (χ4v) is 2.60. The van der Waals surface area contributed by atoms with Crippen LogP contribution in [0.1, 0.15) is 44.2 Å². The molecule has 2 aromatic rings. The lowest BCUT2D eigenvalue weighted by Crippen LogP contribution is -2.30. The van der Waals surface area contributed by atoms with Gasteiger partial charge >= 0.3 is 0 Å². The van der Waals surface area contributed by atoms with E-state index in [1.54, 1.807) is 13.8 Å². The van der Waals surface area contributed by atoms with Crippen molar-refractivity contribution < 1.29 is 18.3 Å². The molecule has 0 bridgehead atoms. The standard InChI is InChI=1S/C19H23F3N6O/c1-19(2,29)9-25-15-11(7-23)14(6-5-13(15)20)27-18-24-8-12(16(21)22)17(28-18)26-10-3-4-10/h5-8,10,16,23,25,29H,3-4,9H2,1-2H3,(H2,24,26,27,28). The maximum atomic E-state index is 14.3. The van der Waals surface area contributed by atoms with Gasteiger partial charge in [-0.3, -0.25) is 0 Å². The minimum absolute atomic E-state index is 0.0349. The van der Waals surface area contributed by atoms with Gasteiger partial charge in [0.15, 0.2) is 0 Å². The van der Waals surface area contributed by atoms with Gasteiger partial charge in [-0.25, -0.2) is 18.2 Å². The molecule has 1 aliphatic rings. The summed E-state index contributed by atoms with van der Waals surface area (Å²) in [5.41, 5.74) is -0.837. The molecular formula is C19H23F3N6O. The number of nitrogens with zero attached hydrogens (tertiary/aromatic N) is 2. The lowest BCUT2D eigenvalue weighted by atomic mass is 10.1. The van der Waals surface area contributed by atoms with Gasteiger partial charge in [0.25, 0.3) is 6.43 Å². The first kappa shape index (κ1) is 20.8. The molecule has 1 heterocycles. The zero-order chi connectivity index (χ0) is 21.2. The number of hydrogen-bond donors (Lipinski definition) is 5. The van der Waals surface area contributed by atoms with Gasteiger partial charge in [-0.15, -0.1) is 0 Å². The van der Waals surface area contributed by atoms with Gasteiger partial charge in [0.1, 0.15) is 11.6 Å². The summed E-state index contributed by atoms with van der Waals surface area (Å²) in [6.45, 7) is 3.19. The summed E-state index contributed by atoms with van der Waals surface area (Å²) in [5, 5.41) is 26.2. The molecule has 1 fully saturated rings. The number of aliphatic hydroxyl groups is 1. The number of alkyl halides is 2. The SMILES string of the molecule is CC(C)(O)CNc1c(F)ccc(Nc2ncc(C(F)F)c(NC3CC3)n2)c1C=N. The predicted octanol–water partition coefficient (Wildman–Crippen LogP) is 4.05. The normalized spacial score (nSPS) is 14.0. The van der Waals surface area contributed by atoms with Crippen LogP contribution in [0.4, 0.5) is 36.3 Å². The van der Waals surface area contributed by atoms with Gasteiger partial charge in [-0.1, -0.05) is 0 Å². The lowest BCUT2D eigenvalue weighted by Gasteiger charge is -2.21. The molecule has 0 spiro atoms. The lowest BCUT2D eigenvalue weighted by molar-refractivity contribution is 0.0944. The van der Waals surface area contributed by atoms with E-state index in [2.05, 4.69) is 25.9 Å². The number of nitrogens with one attached hydrogen (secondary N) is 4. The van der Waals surface area contributed by atoms with Crippen molar-refractivity contribution >= 4 is 29.4 Å². The smallest absolute Gasteiger partial charge is 0.268 e. The molecule has 5 N–H and O–H groups in total. The molecular weight excluding hydrogens is 385 g/mol. The number of anilines is 4. The second-order valence-corrected chi connectivity index (χ2v) is 7.54. The second kappa shape index (κ2) is 8.24. The molecule has 156 valence electrons. The monoisotopic (exact) mass is 408 g/mol. The molecule has 0 radical (unpaired) electrons. The Morgan fingerprint density at radius 2 is 2.07 bits per heavy atom. The van der Waals surface area contributed by atoms with Crippen molar-refractivity contribution in [3.8, 4) is 0 Å². The van der Waals surface area contributed by atoms with E-state index in [-0.39, 0.29) is 41.2 Å². The molecule has 1 aromatic heterocycles. The van der Waals surface area contributed by atoms with Crippen LogP contribution in [0.3, 0.4) is 0 Å². The first-order valence-corrected chi connectivity index (χ1v) is 9.16. The van der Waals surface area contributed by atoms with Crippen LogP contribution in [-0.2, 0) is 0 Å². The molecule has 3 rings (SSSR count). The molecule has 10 heteroatoms. The summed E-state index contributed by atoms with van der Waals surface area (Å²) in [5.74, 6) is -0.497. The van der Waals surface area contributed by atoms with Crippen LogP contribution in [-0.4, -0.2) is 39.5 Å². The van der Waals surface area contributed by atoms with E-state index in [0.29, 0.717) is 5.69 Å². The maximum absolute atomic E-state index is 14.3. The van der Waals surface area contributed by atoms with E-state index in [4.69, 9.17) is 5.41 Å². The van der Waals surface area contributed by atoms with E-state index in [9.17, 15) is 18.3 Å². The van der Waals surface area contributed by atoms with Crippen LogP contribution < -0.4 is 16.0 Å². The van der Waals surface area contributed by atoms with Crippen LogP contribution in [0.25, 0.3) is 0 Å². The molecule has 0 aliphatic heterocycles. The van der Waals surface area contributed by atoms with E-state index in [1.807, 2.05) is 0 Å². The molecule has 0 unspecified atom stereocenters. The highest BCUT2D eigenvalue weighted by molar-refractivity contribution is 5.94. The third-order valence-electron chi connectivity index (χ3n) is 4.25. The third-order valence-corrected chi connectivity index (χ3v) is 4.25. The molecule has 0 atom stereocenters. The van der Waals surface area contributed by atoms with Gasteiger partial charge in [0, 0.05) is 30.6 Å². The van der Waals surface area contributed by atoms with Crippen LogP contribution in [0.2, 0.25) is 0 Å². The average Bonchev–Trinajstić information content (AvgIpc) is 3.45. The molecule has 0 saturated heterocycles. The quantitative estimate of drug-likeness (QED) is 0.401. The fraction of sp³-hybridized carbons (Fsp3) is 0.421. The maximum Gasteiger partial charge on any atom is 0.268 e. The summed E-state index contributed by atoms with van der Waals surface area (Å²) in [7, 11) is 0. The van der Waals surface area contributed by atoms with Crippen molar-refractivity contribution in [3.05, 3.63) is 35.3 Å². The Bertz CT molecular complexity index is 896. The Morgan fingerprint density at radius 1 is 1.34 bits per heavy atom. The summed E-state index contributed by atoms with van der Waals surface area (Å²) in [4.78, 5) is 8.06. The van der Waals surface area contributed by atoms with Crippen molar-refractivity contribution in [2.45, 2.75) is 44.8 Å². The average molecular weight is 408 g/mol. The van der Waals surface area contributed by atoms with Crippen molar-refractivity contribution in [1.82, 2.24) is 9.97 Å². The van der Waals surface area contributed by atoms with Crippen molar-refractivity contribution in [1.29, 1.82) is 5.41 Å². The summed E-state index contributed by atoms with van der Waals surface area (Å²) < 4.78 is 40.7. The van der Waals surface area contributed by atoms with Gasteiger partial charge in [0.2, 0.25) is 5.95 Å². The minimum atomic E-state index is -2.72. The van der Waals surface area contributed by atoms with Crippen LogP contribution in [0.5, 0.6) is 0 Å². The molecule has 0 amide bonds. The Kier molecular flexibility index (Phi) is 5.92. The number of halogens is 3. The highest BCUT2D eigenvalue weighted by Crippen LogP contribution is 2.32. The van der Waals surface area contributed by atoms with E-state index in [0.717, 1.165) is 25.3 Å². The van der Waals surface area contributed by atoms with Gasteiger partial charge < -0.3 is 26.5 Å². The molecule has 1 aliphatic carbocycles. The van der Waals surface area contributed by atoms with Gasteiger partial charge in [-0.2, -0.15) is 4.98 Å². The number of aromatic nitrogens is 2. The predicted molar refractivity (Wildman–Crippen MR) is 106 cm³/mol. The third kappa shape index (κ3) is 5.35. The largest absolute Gasteiger partial charge is 0.389 e. The highest BCUT2D eigenvalue weighted by Gasteiger charge is 2.25. The molecule has 1 aromatic carbocycles. The number of rotatable bonds is 9. The van der Waals surface area contributed by atoms with E-state index < -0.39 is 17.8 Å². The summed E-state index contributed by atoms with van der Waals surface area (Å²) in [6.07, 6.45) is 1.06. The van der Waals surface area contributed by atoms with Crippen molar-refractivity contribution in [2.75, 3.05) is 22.5 Å². The van der Waals surface area contributed by atoms with Gasteiger partial charge in [0.05, 0.1) is 22.5 Å². The van der Waals surface area contributed by atoms with Crippen LogP contribution >= 0.6 is 0 Å². The first-order chi connectivity index (χ1) is 13.7. The molecule has 29 heavy (non-hydrogen) atoms. The second-order valence-electron chi connectivity index (χ2n) is 7.54. The van der Waals surface area contributed by atoms with E-state index >= 15 is 0 Å². The summed E-state index contributed by atoms with van der Waals surface area (Å²) in [6, 6.07) is 2.72. The number of hydrogen-bond acceptors (Lipinski definition) is 7. The Hall–Kier alpha value is -2.88. The Balaban J connectivity index is 1.90.